The SMILES string of the molecule is CCCc1cc(C(=O)CCC(=O)O)ccc1OCCCOc1ccc(C(C)=O)c(O)c1CCC. The molecule has 0 amide bonds. The Hall–Kier alpha value is -3.35. The summed E-state index contributed by atoms with van der Waals surface area (Å²) in [6, 6.07) is 8.53. The number of rotatable bonds is 15. The highest BCUT2D eigenvalue weighted by atomic mass is 16.5. The van der Waals surface area contributed by atoms with E-state index in [4.69, 9.17) is 14.6 Å². The van der Waals surface area contributed by atoms with Crippen molar-refractivity contribution in [3.8, 4) is 17.2 Å². The summed E-state index contributed by atoms with van der Waals surface area (Å²) in [6.07, 6.45) is 3.43. The van der Waals surface area contributed by atoms with Crippen molar-refractivity contribution >= 4 is 17.5 Å². The first-order valence-corrected chi connectivity index (χ1v) is 11.8. The number of carbonyl (C=O) groups excluding carboxylic acids is 2. The van der Waals surface area contributed by atoms with E-state index in [1.807, 2.05) is 13.8 Å². The van der Waals surface area contributed by atoms with Gasteiger partial charge in [0.15, 0.2) is 11.6 Å². The quantitative estimate of drug-likeness (QED) is 0.265. The molecule has 0 saturated carbocycles. The Kier molecular flexibility index (Phi) is 10.6. The Morgan fingerprint density at radius 2 is 1.53 bits per heavy atom. The van der Waals surface area contributed by atoms with E-state index in [0.717, 1.165) is 24.8 Å². The highest BCUT2D eigenvalue weighted by Crippen LogP contribution is 2.33. The summed E-state index contributed by atoms with van der Waals surface area (Å²) in [5.74, 6) is -0.109. The summed E-state index contributed by atoms with van der Waals surface area (Å²) < 4.78 is 11.8. The number of ether oxygens (including phenoxy) is 2. The molecule has 2 N–H and O–H groups in total. The van der Waals surface area contributed by atoms with Gasteiger partial charge in [-0.25, -0.2) is 0 Å². The average molecular weight is 471 g/mol. The zero-order chi connectivity index (χ0) is 25.1. The number of benzene rings is 2. The smallest absolute Gasteiger partial charge is 0.303 e. The Labute approximate surface area is 200 Å². The molecule has 0 heterocycles. The van der Waals surface area contributed by atoms with Crippen LogP contribution in [0.1, 0.15) is 84.7 Å². The van der Waals surface area contributed by atoms with Gasteiger partial charge in [0.1, 0.15) is 17.2 Å². The van der Waals surface area contributed by atoms with Crippen LogP contribution in [0, 0.1) is 0 Å². The Morgan fingerprint density at radius 3 is 2.15 bits per heavy atom. The number of phenols is 1. The van der Waals surface area contributed by atoms with Crippen LogP contribution in [0.3, 0.4) is 0 Å². The van der Waals surface area contributed by atoms with Crippen LogP contribution in [0.5, 0.6) is 17.2 Å². The van der Waals surface area contributed by atoms with Gasteiger partial charge >= 0.3 is 5.97 Å². The maximum atomic E-state index is 12.2. The van der Waals surface area contributed by atoms with Crippen molar-refractivity contribution in [2.24, 2.45) is 0 Å². The van der Waals surface area contributed by atoms with Crippen molar-refractivity contribution in [2.75, 3.05) is 13.2 Å². The number of aliphatic carboxylic acids is 1. The molecule has 0 fully saturated rings. The Bertz CT molecular complexity index is 1010. The van der Waals surface area contributed by atoms with Crippen LogP contribution < -0.4 is 9.47 Å². The molecule has 0 spiro atoms. The molecule has 0 bridgehead atoms. The summed E-state index contributed by atoms with van der Waals surface area (Å²) in [5.41, 5.74) is 2.36. The number of carboxylic acid groups (broad SMARTS) is 1. The molecule has 0 saturated heterocycles. The van der Waals surface area contributed by atoms with E-state index < -0.39 is 5.97 Å². The molecule has 0 aliphatic rings. The van der Waals surface area contributed by atoms with Crippen LogP contribution >= 0.6 is 0 Å². The number of ketones is 2. The molecule has 0 unspecified atom stereocenters. The van der Waals surface area contributed by atoms with Crippen molar-refractivity contribution in [3.63, 3.8) is 0 Å². The van der Waals surface area contributed by atoms with Gasteiger partial charge in [0.05, 0.1) is 25.2 Å². The highest BCUT2D eigenvalue weighted by Gasteiger charge is 2.16. The van der Waals surface area contributed by atoms with Gasteiger partial charge in [-0.15, -0.1) is 0 Å². The lowest BCUT2D eigenvalue weighted by molar-refractivity contribution is -0.136. The van der Waals surface area contributed by atoms with E-state index in [0.29, 0.717) is 54.2 Å². The lowest BCUT2D eigenvalue weighted by Gasteiger charge is -2.15. The molecule has 34 heavy (non-hydrogen) atoms. The summed E-state index contributed by atoms with van der Waals surface area (Å²) >= 11 is 0. The minimum Gasteiger partial charge on any atom is -0.507 e. The predicted octanol–water partition coefficient (Wildman–Crippen LogP) is 5.40. The highest BCUT2D eigenvalue weighted by molar-refractivity contribution is 5.98. The number of aromatic hydroxyl groups is 1. The fourth-order valence-corrected chi connectivity index (χ4v) is 3.68. The van der Waals surface area contributed by atoms with Gasteiger partial charge in [0.25, 0.3) is 0 Å². The van der Waals surface area contributed by atoms with Gasteiger partial charge in [-0.2, -0.15) is 0 Å². The minimum atomic E-state index is -0.990. The lowest BCUT2D eigenvalue weighted by Crippen LogP contribution is -2.09. The van der Waals surface area contributed by atoms with E-state index in [2.05, 4.69) is 0 Å². The van der Waals surface area contributed by atoms with E-state index in [1.54, 1.807) is 30.3 Å². The molecule has 2 rings (SSSR count). The van der Waals surface area contributed by atoms with Crippen molar-refractivity contribution in [1.82, 2.24) is 0 Å². The average Bonchev–Trinajstić information content (AvgIpc) is 2.80. The van der Waals surface area contributed by atoms with E-state index >= 15 is 0 Å². The van der Waals surface area contributed by atoms with Crippen LogP contribution in [0.15, 0.2) is 30.3 Å². The molecule has 0 aromatic heterocycles. The van der Waals surface area contributed by atoms with Crippen molar-refractivity contribution in [3.05, 3.63) is 52.6 Å². The number of phenolic OH excluding ortho intramolecular Hbond substituents is 1. The molecule has 7 nitrogen and oxygen atoms in total. The molecular weight excluding hydrogens is 436 g/mol. The molecular formula is C27H34O7. The number of hydrogen-bond donors (Lipinski definition) is 2. The topological polar surface area (TPSA) is 110 Å². The summed E-state index contributed by atoms with van der Waals surface area (Å²) in [4.78, 5) is 34.7. The van der Waals surface area contributed by atoms with Crippen LogP contribution in [-0.2, 0) is 17.6 Å². The van der Waals surface area contributed by atoms with Gasteiger partial charge in [-0.1, -0.05) is 26.7 Å². The molecule has 0 aliphatic carbocycles. The Morgan fingerprint density at radius 1 is 0.882 bits per heavy atom. The minimum absolute atomic E-state index is 0.00898. The number of hydrogen-bond acceptors (Lipinski definition) is 6. The van der Waals surface area contributed by atoms with Gasteiger partial charge in [-0.3, -0.25) is 14.4 Å². The summed E-state index contributed by atoms with van der Waals surface area (Å²) in [7, 11) is 0. The van der Waals surface area contributed by atoms with Crippen LogP contribution in [0.25, 0.3) is 0 Å². The molecule has 2 aromatic carbocycles. The second kappa shape index (κ2) is 13.4. The molecule has 7 heteroatoms. The molecule has 0 atom stereocenters. The zero-order valence-corrected chi connectivity index (χ0v) is 20.2. The molecule has 2 aromatic rings. The number of carboxylic acids is 1. The van der Waals surface area contributed by atoms with Gasteiger partial charge in [0.2, 0.25) is 0 Å². The second-order valence-electron chi connectivity index (χ2n) is 8.18. The van der Waals surface area contributed by atoms with E-state index in [-0.39, 0.29) is 30.2 Å². The monoisotopic (exact) mass is 470 g/mol. The predicted molar refractivity (Wildman–Crippen MR) is 129 cm³/mol. The number of carbonyl (C=O) groups is 3. The molecule has 184 valence electrons. The third kappa shape index (κ3) is 7.61. The fourth-order valence-electron chi connectivity index (χ4n) is 3.68. The van der Waals surface area contributed by atoms with E-state index in [9.17, 15) is 19.5 Å². The zero-order valence-electron chi connectivity index (χ0n) is 20.2. The van der Waals surface area contributed by atoms with Crippen LogP contribution in [-0.4, -0.2) is 41.0 Å². The number of aryl methyl sites for hydroxylation is 1. The maximum Gasteiger partial charge on any atom is 0.303 e. The van der Waals surface area contributed by atoms with Crippen LogP contribution in [0.2, 0.25) is 0 Å². The van der Waals surface area contributed by atoms with Gasteiger partial charge in [-0.05, 0) is 55.7 Å². The standard InChI is InChI=1S/C27H34O7/c1-4-7-20-17-19(23(29)11-14-26(30)31)9-12-24(20)33-15-6-16-34-25-13-10-21(18(3)28)27(32)22(25)8-5-2/h9-10,12-13,17,32H,4-8,11,14-16H2,1-3H3,(H,30,31). The normalized spacial score (nSPS) is 10.7. The lowest BCUT2D eigenvalue weighted by atomic mass is 10.0. The fraction of sp³-hybridized carbons (Fsp3) is 0.444. The largest absolute Gasteiger partial charge is 0.507 e. The third-order valence-corrected chi connectivity index (χ3v) is 5.39. The van der Waals surface area contributed by atoms with E-state index in [1.165, 1.54) is 6.92 Å². The maximum absolute atomic E-state index is 12.2. The Balaban J connectivity index is 1.97. The van der Waals surface area contributed by atoms with Crippen molar-refractivity contribution in [2.45, 2.75) is 65.7 Å². The first-order valence-electron chi connectivity index (χ1n) is 11.8. The second-order valence-corrected chi connectivity index (χ2v) is 8.18. The summed E-state index contributed by atoms with van der Waals surface area (Å²) in [6.45, 7) is 6.25. The first-order chi connectivity index (χ1) is 16.3. The van der Waals surface area contributed by atoms with Gasteiger partial charge in [0, 0.05) is 24.0 Å². The first kappa shape index (κ1) is 26.9. The summed E-state index contributed by atoms with van der Waals surface area (Å²) in [5, 5.41) is 19.2. The third-order valence-electron chi connectivity index (χ3n) is 5.39. The number of Topliss-reactive ketones (excluding diaryl/α,β-unsaturated/α-hetero) is 2. The van der Waals surface area contributed by atoms with Crippen molar-refractivity contribution in [1.29, 1.82) is 0 Å². The van der Waals surface area contributed by atoms with Crippen LogP contribution in [0.4, 0.5) is 0 Å². The molecule has 0 radical (unpaired) electrons. The molecule has 0 aliphatic heterocycles. The van der Waals surface area contributed by atoms with Crippen molar-refractivity contribution < 1.29 is 34.1 Å². The van der Waals surface area contributed by atoms with Gasteiger partial charge < -0.3 is 19.7 Å².